The first kappa shape index (κ1) is 8.36. The maximum absolute atomic E-state index is 13.6. The highest BCUT2D eigenvalue weighted by Crippen LogP contribution is 2.63. The van der Waals surface area contributed by atoms with Crippen LogP contribution in [-0.2, 0) is 5.41 Å². The van der Waals surface area contributed by atoms with Crippen LogP contribution in [0.1, 0.15) is 31.4 Å². The number of nitrogens with two attached hydrogens (primary N) is 1. The molecule has 3 heteroatoms. The highest BCUT2D eigenvalue weighted by Gasteiger charge is 2.65. The summed E-state index contributed by atoms with van der Waals surface area (Å²) in [7, 11) is 0. The Bertz CT molecular complexity index is 381. The minimum atomic E-state index is -0.193. The van der Waals surface area contributed by atoms with Gasteiger partial charge in [-0.3, -0.25) is 4.98 Å². The Hall–Kier alpha value is -0.960. The van der Waals surface area contributed by atoms with Gasteiger partial charge in [-0.25, -0.2) is 4.39 Å². The van der Waals surface area contributed by atoms with Crippen LogP contribution in [0.2, 0.25) is 0 Å². The third-order valence-electron chi connectivity index (χ3n) is 3.70. The molecule has 0 amide bonds. The van der Waals surface area contributed by atoms with Crippen LogP contribution in [0, 0.1) is 5.82 Å². The van der Waals surface area contributed by atoms with Crippen molar-refractivity contribution in [2.75, 3.05) is 0 Å². The third-order valence-corrected chi connectivity index (χ3v) is 3.70. The van der Waals surface area contributed by atoms with E-state index in [0.29, 0.717) is 5.69 Å². The first-order valence-corrected chi connectivity index (χ1v) is 5.08. The largest absolute Gasteiger partial charge is 0.324 e. The molecule has 14 heavy (non-hydrogen) atoms. The van der Waals surface area contributed by atoms with Crippen molar-refractivity contribution >= 4 is 0 Å². The van der Waals surface area contributed by atoms with Crippen LogP contribution in [0.5, 0.6) is 0 Å². The van der Waals surface area contributed by atoms with E-state index in [2.05, 4.69) is 4.98 Å². The lowest BCUT2D eigenvalue weighted by atomic mass is 9.90. The molecule has 0 bridgehead atoms. The predicted molar refractivity (Wildman–Crippen MR) is 51.3 cm³/mol. The summed E-state index contributed by atoms with van der Waals surface area (Å²) >= 11 is 0. The van der Waals surface area contributed by atoms with Crippen molar-refractivity contribution in [2.45, 2.75) is 36.6 Å². The summed E-state index contributed by atoms with van der Waals surface area (Å²) in [6.45, 7) is 0. The lowest BCUT2D eigenvalue weighted by Crippen LogP contribution is -2.38. The van der Waals surface area contributed by atoms with Gasteiger partial charge in [0.1, 0.15) is 5.82 Å². The Morgan fingerprint density at radius 2 is 2.00 bits per heavy atom. The van der Waals surface area contributed by atoms with E-state index in [0.717, 1.165) is 25.7 Å². The molecule has 2 fully saturated rings. The Kier molecular flexibility index (Phi) is 1.40. The van der Waals surface area contributed by atoms with E-state index in [-0.39, 0.29) is 16.8 Å². The SMILES string of the molecule is NC1(C2(c3ncccc3F)CC2)CC1. The van der Waals surface area contributed by atoms with E-state index in [1.54, 1.807) is 12.3 Å². The molecule has 2 aliphatic rings. The molecule has 0 spiro atoms. The summed E-state index contributed by atoms with van der Waals surface area (Å²) in [5, 5.41) is 0. The van der Waals surface area contributed by atoms with Crippen LogP contribution < -0.4 is 5.73 Å². The number of hydrogen-bond acceptors (Lipinski definition) is 2. The summed E-state index contributed by atoms with van der Waals surface area (Å²) in [6, 6.07) is 3.11. The summed E-state index contributed by atoms with van der Waals surface area (Å²) in [5.74, 6) is -0.193. The van der Waals surface area contributed by atoms with Gasteiger partial charge in [-0.15, -0.1) is 0 Å². The fourth-order valence-electron chi connectivity index (χ4n) is 2.45. The minimum Gasteiger partial charge on any atom is -0.324 e. The van der Waals surface area contributed by atoms with Gasteiger partial charge in [0.25, 0.3) is 0 Å². The van der Waals surface area contributed by atoms with E-state index in [4.69, 9.17) is 5.73 Å². The summed E-state index contributed by atoms with van der Waals surface area (Å²) in [6.07, 6.45) is 5.69. The molecule has 3 rings (SSSR count). The van der Waals surface area contributed by atoms with Crippen molar-refractivity contribution in [3.63, 3.8) is 0 Å². The highest BCUT2D eigenvalue weighted by atomic mass is 19.1. The molecule has 0 unspecified atom stereocenters. The molecule has 74 valence electrons. The molecule has 2 saturated carbocycles. The fraction of sp³-hybridized carbons (Fsp3) is 0.545. The zero-order chi connectivity index (χ0) is 9.81. The molecule has 2 nitrogen and oxygen atoms in total. The van der Waals surface area contributed by atoms with Crippen molar-refractivity contribution in [3.8, 4) is 0 Å². The molecule has 2 N–H and O–H groups in total. The highest BCUT2D eigenvalue weighted by molar-refractivity contribution is 5.37. The molecule has 1 aromatic heterocycles. The van der Waals surface area contributed by atoms with Gasteiger partial charge in [-0.05, 0) is 37.8 Å². The van der Waals surface area contributed by atoms with Gasteiger partial charge < -0.3 is 5.73 Å². The zero-order valence-electron chi connectivity index (χ0n) is 7.96. The van der Waals surface area contributed by atoms with Gasteiger partial charge in [0.2, 0.25) is 0 Å². The lowest BCUT2D eigenvalue weighted by molar-refractivity contribution is 0.459. The topological polar surface area (TPSA) is 38.9 Å². The van der Waals surface area contributed by atoms with E-state index in [1.165, 1.54) is 6.07 Å². The first-order chi connectivity index (χ1) is 6.68. The van der Waals surface area contributed by atoms with Crippen LogP contribution in [0.3, 0.4) is 0 Å². The minimum absolute atomic E-state index is 0.127. The summed E-state index contributed by atoms with van der Waals surface area (Å²) in [4.78, 5) is 4.16. The normalized spacial score (nSPS) is 25.9. The molecule has 0 aromatic carbocycles. The van der Waals surface area contributed by atoms with E-state index >= 15 is 0 Å². The molecule has 2 aliphatic carbocycles. The maximum atomic E-state index is 13.6. The van der Waals surface area contributed by atoms with E-state index in [1.807, 2.05) is 0 Å². The second-order valence-corrected chi connectivity index (χ2v) is 4.57. The second kappa shape index (κ2) is 2.34. The van der Waals surface area contributed by atoms with Crippen molar-refractivity contribution in [3.05, 3.63) is 29.8 Å². The Labute approximate surface area is 82.3 Å². The van der Waals surface area contributed by atoms with Gasteiger partial charge in [-0.2, -0.15) is 0 Å². The van der Waals surface area contributed by atoms with Crippen LogP contribution in [0.15, 0.2) is 18.3 Å². The van der Waals surface area contributed by atoms with Gasteiger partial charge in [0.15, 0.2) is 0 Å². The Balaban J connectivity index is 2.07. The molecule has 1 heterocycles. The monoisotopic (exact) mass is 192 g/mol. The van der Waals surface area contributed by atoms with Crippen molar-refractivity contribution in [1.29, 1.82) is 0 Å². The summed E-state index contributed by atoms with van der Waals surface area (Å²) in [5.41, 5.74) is 6.50. The molecular formula is C11H13FN2. The van der Waals surface area contributed by atoms with Crippen molar-refractivity contribution < 1.29 is 4.39 Å². The van der Waals surface area contributed by atoms with Crippen LogP contribution >= 0.6 is 0 Å². The van der Waals surface area contributed by atoms with E-state index in [9.17, 15) is 4.39 Å². The van der Waals surface area contributed by atoms with Crippen LogP contribution in [0.25, 0.3) is 0 Å². The standard InChI is InChI=1S/C11H13FN2/c12-8-2-1-7-14-9(8)10(3-4-10)11(13)5-6-11/h1-2,7H,3-6,13H2. The number of aromatic nitrogens is 1. The Morgan fingerprint density at radius 3 is 2.50 bits per heavy atom. The third kappa shape index (κ3) is 0.906. The zero-order valence-corrected chi connectivity index (χ0v) is 7.96. The molecule has 0 radical (unpaired) electrons. The van der Waals surface area contributed by atoms with Crippen molar-refractivity contribution in [2.24, 2.45) is 5.73 Å². The summed E-state index contributed by atoms with van der Waals surface area (Å²) < 4.78 is 13.6. The van der Waals surface area contributed by atoms with E-state index < -0.39 is 0 Å². The average molecular weight is 192 g/mol. The molecule has 0 aliphatic heterocycles. The number of rotatable bonds is 2. The number of halogens is 1. The first-order valence-electron chi connectivity index (χ1n) is 5.08. The van der Waals surface area contributed by atoms with Gasteiger partial charge >= 0.3 is 0 Å². The van der Waals surface area contributed by atoms with Crippen molar-refractivity contribution in [1.82, 2.24) is 4.98 Å². The number of hydrogen-bond donors (Lipinski definition) is 1. The Morgan fingerprint density at radius 1 is 1.29 bits per heavy atom. The second-order valence-electron chi connectivity index (χ2n) is 4.57. The molecular weight excluding hydrogens is 179 g/mol. The smallest absolute Gasteiger partial charge is 0.145 e. The number of pyridine rings is 1. The molecule has 0 atom stereocenters. The maximum Gasteiger partial charge on any atom is 0.145 e. The van der Waals surface area contributed by atoms with Gasteiger partial charge in [0.05, 0.1) is 5.69 Å². The quantitative estimate of drug-likeness (QED) is 0.775. The number of nitrogens with zero attached hydrogens (tertiary/aromatic N) is 1. The predicted octanol–water partition coefficient (Wildman–Crippen LogP) is 1.74. The van der Waals surface area contributed by atoms with Crippen LogP contribution in [-0.4, -0.2) is 10.5 Å². The van der Waals surface area contributed by atoms with Gasteiger partial charge in [-0.1, -0.05) is 0 Å². The lowest BCUT2D eigenvalue weighted by Gasteiger charge is -2.22. The molecule has 0 saturated heterocycles. The van der Waals surface area contributed by atoms with Crippen LogP contribution in [0.4, 0.5) is 4.39 Å². The van der Waals surface area contributed by atoms with Gasteiger partial charge in [0, 0.05) is 17.2 Å². The average Bonchev–Trinajstić information content (AvgIpc) is 3.01. The molecule has 1 aromatic rings. The fourth-order valence-corrected chi connectivity index (χ4v) is 2.45.